The Hall–Kier alpha value is -3.64. The van der Waals surface area contributed by atoms with Crippen molar-refractivity contribution in [2.24, 2.45) is 0 Å². The Morgan fingerprint density at radius 1 is 0.788 bits per heavy atom. The third-order valence-electron chi connectivity index (χ3n) is 4.87. The summed E-state index contributed by atoms with van der Waals surface area (Å²) >= 11 is 0. The topological polar surface area (TPSA) is 84.9 Å². The van der Waals surface area contributed by atoms with Gasteiger partial charge < -0.3 is 24.1 Å². The zero-order chi connectivity index (χ0) is 22.8. The zero-order valence-corrected chi connectivity index (χ0v) is 17.9. The molecule has 0 unspecified atom stereocenters. The van der Waals surface area contributed by atoms with Gasteiger partial charge in [0, 0.05) is 31.1 Å². The summed E-state index contributed by atoms with van der Waals surface area (Å²) in [5, 5.41) is 10.9. The van der Waals surface area contributed by atoms with Crippen LogP contribution in [-0.2, 0) is 16.0 Å². The number of carboxylic acids is 1. The second-order valence-corrected chi connectivity index (χ2v) is 7.16. The summed E-state index contributed by atoms with van der Waals surface area (Å²) in [6, 6.07) is 23.4. The third kappa shape index (κ3) is 7.77. The average molecular weight is 450 g/mol. The Balaban J connectivity index is 0.00000385. The van der Waals surface area contributed by atoms with E-state index in [0.29, 0.717) is 42.3 Å². The molecule has 0 aromatic heterocycles. The van der Waals surface area contributed by atoms with E-state index in [9.17, 15) is 14.7 Å². The number of carbonyl (C=O) groups is 2. The molecule has 0 fully saturated rings. The molecule has 174 valence electrons. The summed E-state index contributed by atoms with van der Waals surface area (Å²) in [6.45, 7) is 0.953. The number of ketones is 1. The van der Waals surface area contributed by atoms with Crippen LogP contribution >= 0.6 is 0 Å². The van der Waals surface area contributed by atoms with Gasteiger partial charge in [-0.2, -0.15) is 0 Å². The number of hydrogen-bond donors (Lipinski definition) is 0. The molecular weight excluding hydrogens is 420 g/mol. The highest BCUT2D eigenvalue weighted by Crippen LogP contribution is 2.17. The largest absolute Gasteiger partial charge is 0.547 e. The van der Waals surface area contributed by atoms with Crippen molar-refractivity contribution in [1.82, 2.24) is 0 Å². The summed E-state index contributed by atoms with van der Waals surface area (Å²) in [6.07, 6.45) is -0.0459. The molecule has 0 N–H and O–H groups in total. The molecule has 6 nitrogen and oxygen atoms in total. The minimum atomic E-state index is -1.23. The summed E-state index contributed by atoms with van der Waals surface area (Å²) in [4.78, 5) is 23.3. The van der Waals surface area contributed by atoms with E-state index in [-0.39, 0.29) is 19.6 Å². The highest BCUT2D eigenvalue weighted by molar-refractivity contribution is 6.08. The van der Waals surface area contributed by atoms with Gasteiger partial charge in [-0.05, 0) is 42.0 Å². The quantitative estimate of drug-likeness (QED) is 0.310. The maximum atomic E-state index is 12.4. The number of hydrogen-bond acceptors (Lipinski definition) is 6. The molecule has 0 radical (unpaired) electrons. The molecule has 0 spiro atoms. The Bertz CT molecular complexity index is 997. The van der Waals surface area contributed by atoms with E-state index in [0.717, 1.165) is 5.56 Å². The monoisotopic (exact) mass is 449 g/mol. The first-order valence-corrected chi connectivity index (χ1v) is 10.3. The van der Waals surface area contributed by atoms with E-state index < -0.39 is 12.1 Å². The molecular formula is C27H29O6-. The summed E-state index contributed by atoms with van der Waals surface area (Å²) < 4.78 is 16.3. The third-order valence-corrected chi connectivity index (χ3v) is 4.87. The van der Waals surface area contributed by atoms with E-state index >= 15 is 0 Å². The van der Waals surface area contributed by atoms with E-state index in [1.165, 1.54) is 7.11 Å². The molecule has 3 rings (SSSR count). The molecule has 0 aliphatic rings. The van der Waals surface area contributed by atoms with E-state index in [4.69, 9.17) is 14.2 Å². The molecule has 0 aliphatic heterocycles. The van der Waals surface area contributed by atoms with Gasteiger partial charge in [-0.15, -0.1) is 0 Å². The molecule has 6 heteroatoms. The lowest BCUT2D eigenvalue weighted by Gasteiger charge is -2.16. The lowest BCUT2D eigenvalue weighted by molar-refractivity contribution is -0.315. The summed E-state index contributed by atoms with van der Waals surface area (Å²) in [5.74, 6) is 0.138. The van der Waals surface area contributed by atoms with Crippen LogP contribution in [0, 0.1) is 0 Å². The molecule has 1 atom stereocenters. The fourth-order valence-corrected chi connectivity index (χ4v) is 3.10. The standard InChI is InChI=1S/C26H26O6.CH4/c1-30-24(26(28)29)18-19-8-12-22(13-9-19)31-16-5-17-32-23-14-10-21(11-15-23)25(27)20-6-3-2-4-7-20;/h2-4,6-15,24H,5,16-18H2,1H3,(H,28,29);1H4/p-1/t24-;/m0./s1. The minimum absolute atomic E-state index is 0. The minimum Gasteiger partial charge on any atom is -0.547 e. The van der Waals surface area contributed by atoms with Crippen molar-refractivity contribution < 1.29 is 28.9 Å². The van der Waals surface area contributed by atoms with Crippen LogP contribution in [0.4, 0.5) is 0 Å². The van der Waals surface area contributed by atoms with E-state index in [1.54, 1.807) is 60.7 Å². The molecule has 33 heavy (non-hydrogen) atoms. The van der Waals surface area contributed by atoms with Crippen molar-refractivity contribution in [2.75, 3.05) is 20.3 Å². The average Bonchev–Trinajstić information content (AvgIpc) is 2.83. The molecule has 3 aromatic rings. The highest BCUT2D eigenvalue weighted by atomic mass is 16.5. The van der Waals surface area contributed by atoms with Crippen molar-refractivity contribution >= 4 is 11.8 Å². The van der Waals surface area contributed by atoms with Gasteiger partial charge in [0.2, 0.25) is 0 Å². The number of carboxylic acid groups (broad SMARTS) is 1. The predicted molar refractivity (Wildman–Crippen MR) is 125 cm³/mol. The van der Waals surface area contributed by atoms with Crippen LogP contribution in [0.5, 0.6) is 11.5 Å². The number of aliphatic carboxylic acids is 1. The number of ether oxygens (including phenoxy) is 3. The van der Waals surface area contributed by atoms with Gasteiger partial charge in [0.15, 0.2) is 5.78 Å². The molecule has 0 amide bonds. The fourth-order valence-electron chi connectivity index (χ4n) is 3.10. The van der Waals surface area contributed by atoms with Crippen LogP contribution in [-0.4, -0.2) is 38.2 Å². The molecule has 0 aliphatic carbocycles. The normalized spacial score (nSPS) is 11.2. The van der Waals surface area contributed by atoms with Crippen LogP contribution in [0.2, 0.25) is 0 Å². The second kappa shape index (κ2) is 13.0. The molecule has 3 aromatic carbocycles. The first-order chi connectivity index (χ1) is 15.6. The maximum absolute atomic E-state index is 12.4. The van der Waals surface area contributed by atoms with Gasteiger partial charge in [-0.1, -0.05) is 49.9 Å². The Kier molecular flexibility index (Phi) is 10.1. The number of methoxy groups -OCH3 is 1. The zero-order valence-electron chi connectivity index (χ0n) is 17.9. The number of rotatable bonds is 12. The van der Waals surface area contributed by atoms with Crippen LogP contribution < -0.4 is 14.6 Å². The lowest BCUT2D eigenvalue weighted by atomic mass is 10.0. The van der Waals surface area contributed by atoms with Crippen molar-refractivity contribution in [3.8, 4) is 11.5 Å². The number of benzene rings is 3. The first-order valence-electron chi connectivity index (χ1n) is 10.3. The fraction of sp³-hybridized carbons (Fsp3) is 0.259. The smallest absolute Gasteiger partial charge is 0.193 e. The maximum Gasteiger partial charge on any atom is 0.193 e. The molecule has 0 bridgehead atoms. The van der Waals surface area contributed by atoms with Crippen molar-refractivity contribution in [3.05, 3.63) is 95.6 Å². The molecule has 0 saturated carbocycles. The van der Waals surface area contributed by atoms with Crippen LogP contribution in [0.15, 0.2) is 78.9 Å². The van der Waals surface area contributed by atoms with Gasteiger partial charge in [0.1, 0.15) is 17.6 Å². The SMILES string of the molecule is C.CO[C@@H](Cc1ccc(OCCCOc2ccc(C(=O)c3ccccc3)cc2)cc1)C(=O)[O-]. The summed E-state index contributed by atoms with van der Waals surface area (Å²) in [7, 11) is 1.35. The van der Waals surface area contributed by atoms with Crippen LogP contribution in [0.3, 0.4) is 0 Å². The molecule has 0 saturated heterocycles. The summed E-state index contributed by atoms with van der Waals surface area (Å²) in [5.41, 5.74) is 2.10. The van der Waals surface area contributed by atoms with E-state index in [1.807, 2.05) is 18.2 Å². The Morgan fingerprint density at radius 2 is 1.30 bits per heavy atom. The van der Waals surface area contributed by atoms with Gasteiger partial charge in [0.05, 0.1) is 19.2 Å². The Morgan fingerprint density at radius 3 is 1.82 bits per heavy atom. The van der Waals surface area contributed by atoms with Crippen molar-refractivity contribution in [2.45, 2.75) is 26.4 Å². The lowest BCUT2D eigenvalue weighted by Crippen LogP contribution is -2.38. The van der Waals surface area contributed by atoms with Gasteiger partial charge >= 0.3 is 0 Å². The molecule has 0 heterocycles. The van der Waals surface area contributed by atoms with E-state index in [2.05, 4.69) is 0 Å². The van der Waals surface area contributed by atoms with Crippen molar-refractivity contribution in [1.29, 1.82) is 0 Å². The van der Waals surface area contributed by atoms with Crippen LogP contribution in [0.25, 0.3) is 0 Å². The van der Waals surface area contributed by atoms with Crippen LogP contribution in [0.1, 0.15) is 35.3 Å². The van der Waals surface area contributed by atoms with Gasteiger partial charge in [-0.3, -0.25) is 4.79 Å². The highest BCUT2D eigenvalue weighted by Gasteiger charge is 2.10. The van der Waals surface area contributed by atoms with Gasteiger partial charge in [-0.25, -0.2) is 0 Å². The Labute approximate surface area is 194 Å². The number of carbonyl (C=O) groups excluding carboxylic acids is 2. The first kappa shape index (κ1) is 25.6. The second-order valence-electron chi connectivity index (χ2n) is 7.16. The van der Waals surface area contributed by atoms with Gasteiger partial charge in [0.25, 0.3) is 0 Å². The predicted octanol–water partition coefficient (Wildman–Crippen LogP) is 3.71. The van der Waals surface area contributed by atoms with Crippen molar-refractivity contribution in [3.63, 3.8) is 0 Å².